The molecule has 0 saturated carbocycles. The summed E-state index contributed by atoms with van der Waals surface area (Å²) >= 11 is 0.675. The minimum atomic E-state index is -0.693. The number of halogens is 1. The normalized spacial score (nSPS) is 15.1. The molecule has 1 N–H and O–H groups in total. The SMILES string of the molecule is CCCc1cc(F)ccc1Oc1cccc(OCCCOc2ccccc2C2NC(=O)SC2=O)c1. The molecule has 8 heteroatoms. The van der Waals surface area contributed by atoms with Gasteiger partial charge in [-0.15, -0.1) is 0 Å². The van der Waals surface area contributed by atoms with Crippen molar-refractivity contribution in [3.05, 3.63) is 83.7 Å². The highest BCUT2D eigenvalue weighted by Gasteiger charge is 2.34. The monoisotopic (exact) mass is 495 g/mol. The molecule has 1 fully saturated rings. The van der Waals surface area contributed by atoms with Gasteiger partial charge < -0.3 is 19.5 Å². The van der Waals surface area contributed by atoms with E-state index in [1.807, 2.05) is 31.2 Å². The maximum atomic E-state index is 13.6. The predicted octanol–water partition coefficient (Wildman–Crippen LogP) is 6.44. The lowest BCUT2D eigenvalue weighted by molar-refractivity contribution is -0.112. The second-order valence-corrected chi connectivity index (χ2v) is 8.93. The Bertz CT molecular complexity index is 1200. The number of ether oxygens (including phenoxy) is 3. The average Bonchev–Trinajstić information content (AvgIpc) is 3.19. The van der Waals surface area contributed by atoms with Crippen molar-refractivity contribution in [1.82, 2.24) is 5.32 Å². The fraction of sp³-hybridized carbons (Fsp3) is 0.259. The molecule has 0 bridgehead atoms. The first-order valence-electron chi connectivity index (χ1n) is 11.5. The number of amides is 1. The van der Waals surface area contributed by atoms with Crippen molar-refractivity contribution >= 4 is 22.1 Å². The van der Waals surface area contributed by atoms with E-state index in [0.29, 0.717) is 60.0 Å². The molecule has 1 saturated heterocycles. The van der Waals surface area contributed by atoms with Crippen LogP contribution in [0.5, 0.6) is 23.0 Å². The van der Waals surface area contributed by atoms with Crippen molar-refractivity contribution in [2.45, 2.75) is 32.2 Å². The Balaban J connectivity index is 1.29. The van der Waals surface area contributed by atoms with Crippen molar-refractivity contribution < 1.29 is 28.2 Å². The Morgan fingerprint density at radius 1 is 0.914 bits per heavy atom. The van der Waals surface area contributed by atoms with E-state index in [4.69, 9.17) is 14.2 Å². The summed E-state index contributed by atoms with van der Waals surface area (Å²) in [6, 6.07) is 18.3. The molecular formula is C27H26FNO5S. The summed E-state index contributed by atoms with van der Waals surface area (Å²) in [6.07, 6.45) is 2.23. The van der Waals surface area contributed by atoms with E-state index in [0.717, 1.165) is 18.4 Å². The zero-order valence-corrected chi connectivity index (χ0v) is 20.1. The van der Waals surface area contributed by atoms with E-state index in [1.54, 1.807) is 30.3 Å². The van der Waals surface area contributed by atoms with Gasteiger partial charge >= 0.3 is 0 Å². The fourth-order valence-corrected chi connectivity index (χ4v) is 4.37. The molecule has 0 aromatic heterocycles. The number of nitrogens with one attached hydrogen (secondary N) is 1. The summed E-state index contributed by atoms with van der Waals surface area (Å²) in [6.45, 7) is 2.83. The molecule has 0 radical (unpaired) electrons. The number of carbonyl (C=O) groups excluding carboxylic acids is 2. The molecule has 3 aromatic carbocycles. The van der Waals surface area contributed by atoms with Crippen LogP contribution >= 0.6 is 11.8 Å². The standard InChI is InChI=1S/C27H26FNO5S/c1-2-7-18-16-19(28)12-13-23(18)34-21-9-5-8-20(17-21)32-14-6-15-33-24-11-4-3-10-22(24)25-26(30)35-27(31)29-25/h3-5,8-13,16-17,25H,2,6-7,14-15H2,1H3,(H,29,31). The molecular weight excluding hydrogens is 469 g/mol. The number of carbonyl (C=O) groups is 2. The molecule has 1 unspecified atom stereocenters. The third kappa shape index (κ3) is 6.54. The third-order valence-electron chi connectivity index (χ3n) is 5.31. The lowest BCUT2D eigenvalue weighted by atomic mass is 10.1. The molecule has 6 nitrogen and oxygen atoms in total. The Kier molecular flexibility index (Phi) is 8.26. The number of para-hydroxylation sites is 1. The molecule has 1 heterocycles. The van der Waals surface area contributed by atoms with Crippen LogP contribution in [0, 0.1) is 5.82 Å². The Labute approximate surface area is 207 Å². The Morgan fingerprint density at radius 3 is 2.51 bits per heavy atom. The van der Waals surface area contributed by atoms with Gasteiger partial charge in [0.1, 0.15) is 34.9 Å². The zero-order chi connectivity index (χ0) is 24.6. The van der Waals surface area contributed by atoms with Crippen LogP contribution in [-0.4, -0.2) is 23.6 Å². The van der Waals surface area contributed by atoms with Crippen LogP contribution in [0.25, 0.3) is 0 Å². The first-order chi connectivity index (χ1) is 17.0. The largest absolute Gasteiger partial charge is 0.493 e. The van der Waals surface area contributed by atoms with Crippen LogP contribution in [0.2, 0.25) is 0 Å². The number of hydrogen-bond acceptors (Lipinski definition) is 6. The lowest BCUT2D eigenvalue weighted by Crippen LogP contribution is -2.21. The van der Waals surface area contributed by atoms with Gasteiger partial charge in [0, 0.05) is 29.8 Å². The smallest absolute Gasteiger partial charge is 0.287 e. The molecule has 1 atom stereocenters. The van der Waals surface area contributed by atoms with Gasteiger partial charge in [-0.2, -0.15) is 0 Å². The predicted molar refractivity (Wildman–Crippen MR) is 133 cm³/mol. The summed E-state index contributed by atoms with van der Waals surface area (Å²) < 4.78 is 31.3. The van der Waals surface area contributed by atoms with Gasteiger partial charge in [-0.1, -0.05) is 37.6 Å². The van der Waals surface area contributed by atoms with Crippen molar-refractivity contribution in [2.24, 2.45) is 0 Å². The minimum absolute atomic E-state index is 0.237. The highest BCUT2D eigenvalue weighted by Crippen LogP contribution is 2.33. The maximum absolute atomic E-state index is 13.6. The number of aryl methyl sites for hydroxylation is 1. The molecule has 1 aliphatic rings. The highest BCUT2D eigenvalue weighted by atomic mass is 32.2. The molecule has 182 valence electrons. The second kappa shape index (κ2) is 11.8. The molecule has 0 spiro atoms. The van der Waals surface area contributed by atoms with Crippen LogP contribution in [0.15, 0.2) is 66.7 Å². The first kappa shape index (κ1) is 24.6. The Morgan fingerprint density at radius 2 is 1.71 bits per heavy atom. The molecule has 1 amide bonds. The zero-order valence-electron chi connectivity index (χ0n) is 19.3. The van der Waals surface area contributed by atoms with Gasteiger partial charge in [0.2, 0.25) is 5.12 Å². The summed E-state index contributed by atoms with van der Waals surface area (Å²) in [4.78, 5) is 23.6. The molecule has 0 aliphatic carbocycles. The minimum Gasteiger partial charge on any atom is -0.493 e. The number of hydrogen-bond donors (Lipinski definition) is 1. The van der Waals surface area contributed by atoms with Crippen molar-refractivity contribution in [1.29, 1.82) is 0 Å². The summed E-state index contributed by atoms with van der Waals surface area (Å²) in [5, 5.41) is 2.07. The van der Waals surface area contributed by atoms with E-state index in [9.17, 15) is 14.0 Å². The number of thioether (sulfide) groups is 1. The van der Waals surface area contributed by atoms with Crippen molar-refractivity contribution in [2.75, 3.05) is 13.2 Å². The van der Waals surface area contributed by atoms with Crippen molar-refractivity contribution in [3.63, 3.8) is 0 Å². The van der Waals surface area contributed by atoms with Crippen molar-refractivity contribution in [3.8, 4) is 23.0 Å². The quantitative estimate of drug-likeness (QED) is 0.309. The van der Waals surface area contributed by atoms with Gasteiger partial charge in [0.15, 0.2) is 0 Å². The molecule has 1 aliphatic heterocycles. The summed E-state index contributed by atoms with van der Waals surface area (Å²) in [5.41, 5.74) is 1.47. The summed E-state index contributed by atoms with van der Waals surface area (Å²) in [5.74, 6) is 2.18. The topological polar surface area (TPSA) is 73.9 Å². The van der Waals surface area contributed by atoms with Gasteiger partial charge in [0.25, 0.3) is 5.24 Å². The van der Waals surface area contributed by atoms with Crippen LogP contribution in [0.4, 0.5) is 9.18 Å². The van der Waals surface area contributed by atoms with Gasteiger partial charge in [-0.25, -0.2) is 4.39 Å². The van der Waals surface area contributed by atoms with Gasteiger partial charge in [-0.05, 0) is 48.4 Å². The Hall–Kier alpha value is -3.52. The van der Waals surface area contributed by atoms with Gasteiger partial charge in [-0.3, -0.25) is 9.59 Å². The second-order valence-electron chi connectivity index (χ2n) is 7.95. The molecule has 35 heavy (non-hydrogen) atoms. The average molecular weight is 496 g/mol. The van der Waals surface area contributed by atoms with E-state index in [1.165, 1.54) is 12.1 Å². The molecule has 4 rings (SSSR count). The van der Waals surface area contributed by atoms with E-state index in [2.05, 4.69) is 5.32 Å². The number of benzene rings is 3. The highest BCUT2D eigenvalue weighted by molar-refractivity contribution is 8.26. The van der Waals surface area contributed by atoms with Gasteiger partial charge in [0.05, 0.1) is 13.2 Å². The van der Waals surface area contributed by atoms with Crippen LogP contribution in [0.1, 0.15) is 36.9 Å². The van der Waals surface area contributed by atoms with E-state index in [-0.39, 0.29) is 16.2 Å². The fourth-order valence-electron chi connectivity index (χ4n) is 3.71. The number of rotatable bonds is 11. The van der Waals surface area contributed by atoms with Crippen LogP contribution in [0.3, 0.4) is 0 Å². The van der Waals surface area contributed by atoms with Crippen LogP contribution in [-0.2, 0) is 11.2 Å². The summed E-state index contributed by atoms with van der Waals surface area (Å²) in [7, 11) is 0. The first-order valence-corrected chi connectivity index (χ1v) is 12.3. The third-order valence-corrected chi connectivity index (χ3v) is 6.05. The van der Waals surface area contributed by atoms with E-state index >= 15 is 0 Å². The maximum Gasteiger partial charge on any atom is 0.287 e. The van der Waals surface area contributed by atoms with Crippen LogP contribution < -0.4 is 19.5 Å². The van der Waals surface area contributed by atoms with E-state index < -0.39 is 6.04 Å². The molecule has 3 aromatic rings. The lowest BCUT2D eigenvalue weighted by Gasteiger charge is -2.15.